The molecule has 1 atom stereocenters. The lowest BCUT2D eigenvalue weighted by atomic mass is 10.0. The van der Waals surface area contributed by atoms with Crippen LogP contribution in [0.2, 0.25) is 0 Å². The first kappa shape index (κ1) is 27.1. The minimum absolute atomic E-state index is 0.0746. The van der Waals surface area contributed by atoms with Crippen LogP contribution in [0.5, 0.6) is 11.5 Å². The van der Waals surface area contributed by atoms with E-state index in [1.165, 1.54) is 26.2 Å². The Morgan fingerprint density at radius 2 is 1.47 bits per heavy atom. The highest BCUT2D eigenvalue weighted by molar-refractivity contribution is 7.89. The van der Waals surface area contributed by atoms with E-state index in [0.717, 1.165) is 11.1 Å². The Morgan fingerprint density at radius 1 is 0.882 bits per heavy atom. The van der Waals surface area contributed by atoms with Gasteiger partial charge < -0.3 is 9.47 Å². The summed E-state index contributed by atoms with van der Waals surface area (Å²) in [5.41, 5.74) is 7.69. The van der Waals surface area contributed by atoms with Gasteiger partial charge in [-0.2, -0.15) is 4.72 Å². The van der Waals surface area contributed by atoms with Crippen LogP contribution < -0.4 is 25.0 Å². The number of hydrazine groups is 1. The molecule has 2 aromatic rings. The van der Waals surface area contributed by atoms with Crippen molar-refractivity contribution in [1.82, 2.24) is 15.6 Å². The molecule has 0 radical (unpaired) electrons. The zero-order valence-electron chi connectivity index (χ0n) is 20.8. The van der Waals surface area contributed by atoms with E-state index in [1.54, 1.807) is 19.9 Å². The number of carbonyl (C=O) groups is 2. The van der Waals surface area contributed by atoms with Gasteiger partial charge >= 0.3 is 0 Å². The van der Waals surface area contributed by atoms with Gasteiger partial charge in [-0.15, -0.1) is 0 Å². The number of rotatable bonds is 8. The molecule has 0 bridgehead atoms. The zero-order chi connectivity index (χ0) is 25.8. The molecular formula is C24H33N3O6S. The maximum Gasteiger partial charge on any atom is 0.269 e. The highest BCUT2D eigenvalue weighted by Crippen LogP contribution is 2.29. The summed E-state index contributed by atoms with van der Waals surface area (Å²) in [6, 6.07) is 5.39. The van der Waals surface area contributed by atoms with Crippen molar-refractivity contribution in [1.29, 1.82) is 0 Å². The van der Waals surface area contributed by atoms with Crippen molar-refractivity contribution in [2.45, 2.75) is 65.5 Å². The second-order valence-electron chi connectivity index (χ2n) is 8.41. The first-order valence-electron chi connectivity index (χ1n) is 10.8. The third-order valence-corrected chi connectivity index (χ3v) is 7.19. The maximum absolute atomic E-state index is 13.0. The molecule has 0 unspecified atom stereocenters. The lowest BCUT2D eigenvalue weighted by molar-refractivity contribution is -0.123. The molecule has 34 heavy (non-hydrogen) atoms. The fraction of sp³-hybridized carbons (Fsp3) is 0.417. The Balaban J connectivity index is 2.09. The van der Waals surface area contributed by atoms with Crippen molar-refractivity contribution in [2.75, 3.05) is 7.11 Å². The molecule has 0 saturated carbocycles. The van der Waals surface area contributed by atoms with Crippen molar-refractivity contribution in [3.63, 3.8) is 0 Å². The van der Waals surface area contributed by atoms with Crippen LogP contribution >= 0.6 is 0 Å². The molecule has 2 amide bonds. The molecule has 2 aromatic carbocycles. The zero-order valence-corrected chi connectivity index (χ0v) is 21.6. The Hall–Kier alpha value is -3.11. The molecule has 0 saturated heterocycles. The first-order chi connectivity index (χ1) is 15.8. The van der Waals surface area contributed by atoms with E-state index in [9.17, 15) is 18.0 Å². The molecule has 0 spiro atoms. The number of nitrogens with one attached hydrogen (secondary N) is 3. The van der Waals surface area contributed by atoms with E-state index < -0.39 is 27.9 Å². The SMILES string of the molecule is COc1cc(C(=O)NNC(=O)[C@H](C)NS(=O)(=O)c2c(C)c(C)cc(C)c2C)ccc1OC(C)C. The van der Waals surface area contributed by atoms with Crippen LogP contribution in [0.3, 0.4) is 0 Å². The second kappa shape index (κ2) is 10.9. The average molecular weight is 492 g/mol. The Morgan fingerprint density at radius 3 is 2.00 bits per heavy atom. The van der Waals surface area contributed by atoms with Gasteiger partial charge in [-0.25, -0.2) is 8.42 Å². The molecule has 0 aliphatic rings. The number of carbonyl (C=O) groups excluding carboxylic acids is 2. The van der Waals surface area contributed by atoms with Crippen LogP contribution in [-0.2, 0) is 14.8 Å². The minimum atomic E-state index is -3.98. The summed E-state index contributed by atoms with van der Waals surface area (Å²) in [5, 5.41) is 0. The molecule has 9 nitrogen and oxygen atoms in total. The van der Waals surface area contributed by atoms with Crippen molar-refractivity contribution in [2.24, 2.45) is 0 Å². The van der Waals surface area contributed by atoms with Gasteiger partial charge in [-0.1, -0.05) is 6.07 Å². The van der Waals surface area contributed by atoms with Crippen LogP contribution in [-0.4, -0.2) is 39.5 Å². The van der Waals surface area contributed by atoms with Gasteiger partial charge in [0.1, 0.15) is 0 Å². The predicted octanol–water partition coefficient (Wildman–Crippen LogP) is 2.84. The summed E-state index contributed by atoms with van der Waals surface area (Å²) >= 11 is 0. The van der Waals surface area contributed by atoms with Gasteiger partial charge in [-0.3, -0.25) is 20.4 Å². The Bertz CT molecular complexity index is 1170. The van der Waals surface area contributed by atoms with Crippen LogP contribution in [0, 0.1) is 27.7 Å². The molecular weight excluding hydrogens is 458 g/mol. The van der Waals surface area contributed by atoms with E-state index in [2.05, 4.69) is 15.6 Å². The van der Waals surface area contributed by atoms with Gasteiger partial charge in [0.2, 0.25) is 10.0 Å². The van der Waals surface area contributed by atoms with E-state index in [-0.39, 0.29) is 16.6 Å². The smallest absolute Gasteiger partial charge is 0.269 e. The summed E-state index contributed by atoms with van der Waals surface area (Å²) in [4.78, 5) is 25.1. The second-order valence-corrected chi connectivity index (χ2v) is 10.1. The summed E-state index contributed by atoms with van der Waals surface area (Å²) in [6.07, 6.45) is -0.0746. The van der Waals surface area contributed by atoms with Crippen molar-refractivity contribution in [3.05, 3.63) is 52.1 Å². The van der Waals surface area contributed by atoms with Gasteiger partial charge in [0.05, 0.1) is 24.2 Å². The number of benzene rings is 2. The number of hydrogen-bond donors (Lipinski definition) is 3. The third kappa shape index (κ3) is 6.27. The van der Waals surface area contributed by atoms with E-state index in [0.29, 0.717) is 22.6 Å². The summed E-state index contributed by atoms with van der Waals surface area (Å²) in [5.74, 6) is -0.465. The van der Waals surface area contributed by atoms with E-state index >= 15 is 0 Å². The maximum atomic E-state index is 13.0. The molecule has 186 valence electrons. The normalized spacial score (nSPS) is 12.3. The number of methoxy groups -OCH3 is 1. The Labute approximate surface area is 201 Å². The van der Waals surface area contributed by atoms with Crippen LogP contribution in [0.25, 0.3) is 0 Å². The Kier molecular flexibility index (Phi) is 8.68. The molecule has 10 heteroatoms. The quantitative estimate of drug-likeness (QED) is 0.488. The fourth-order valence-electron chi connectivity index (χ4n) is 3.39. The van der Waals surface area contributed by atoms with Gasteiger partial charge in [0, 0.05) is 5.56 Å². The number of sulfonamides is 1. The first-order valence-corrected chi connectivity index (χ1v) is 12.3. The largest absolute Gasteiger partial charge is 0.493 e. The van der Waals surface area contributed by atoms with Gasteiger partial charge in [0.25, 0.3) is 11.8 Å². The summed E-state index contributed by atoms with van der Waals surface area (Å²) in [7, 11) is -2.52. The molecule has 0 aromatic heterocycles. The third-order valence-electron chi connectivity index (χ3n) is 5.38. The fourth-order valence-corrected chi connectivity index (χ4v) is 5.21. The van der Waals surface area contributed by atoms with Gasteiger partial charge in [0.15, 0.2) is 11.5 Å². The van der Waals surface area contributed by atoms with E-state index in [4.69, 9.17) is 9.47 Å². The lowest BCUT2D eigenvalue weighted by Gasteiger charge is -2.19. The minimum Gasteiger partial charge on any atom is -0.493 e. The van der Waals surface area contributed by atoms with Gasteiger partial charge in [-0.05, 0) is 88.9 Å². The molecule has 0 aliphatic carbocycles. The van der Waals surface area contributed by atoms with Crippen LogP contribution in [0.1, 0.15) is 53.4 Å². The lowest BCUT2D eigenvalue weighted by Crippen LogP contribution is -2.51. The summed E-state index contributed by atoms with van der Waals surface area (Å²) < 4.78 is 39.3. The molecule has 0 aliphatic heterocycles. The highest BCUT2D eigenvalue weighted by atomic mass is 32.2. The number of ether oxygens (including phenoxy) is 2. The molecule has 3 N–H and O–H groups in total. The highest BCUT2D eigenvalue weighted by Gasteiger charge is 2.27. The van der Waals surface area contributed by atoms with E-state index in [1.807, 2.05) is 33.8 Å². The van der Waals surface area contributed by atoms with Crippen molar-refractivity contribution < 1.29 is 27.5 Å². The number of amides is 2. The van der Waals surface area contributed by atoms with Crippen LogP contribution in [0.15, 0.2) is 29.2 Å². The topological polar surface area (TPSA) is 123 Å². The molecule has 0 fully saturated rings. The summed E-state index contributed by atoms with van der Waals surface area (Å²) in [6.45, 7) is 12.3. The van der Waals surface area contributed by atoms with Crippen LogP contribution in [0.4, 0.5) is 0 Å². The molecule has 0 heterocycles. The van der Waals surface area contributed by atoms with Crippen molar-refractivity contribution in [3.8, 4) is 11.5 Å². The predicted molar refractivity (Wildman–Crippen MR) is 130 cm³/mol. The molecule has 2 rings (SSSR count). The standard InChI is InChI=1S/C24H33N3O6S/c1-13(2)33-20-10-9-19(12-21(20)32-8)24(29)26-25-23(28)18(7)27-34(30,31)22-16(5)14(3)11-15(4)17(22)6/h9-13,18,27H,1-8H3,(H,25,28)(H,26,29)/t18-/m0/s1. The average Bonchev–Trinajstić information content (AvgIpc) is 2.75. The number of hydrogen-bond acceptors (Lipinski definition) is 6. The van der Waals surface area contributed by atoms with Crippen molar-refractivity contribution >= 4 is 21.8 Å². The number of aryl methyl sites for hydroxylation is 2. The monoisotopic (exact) mass is 491 g/mol.